The maximum absolute atomic E-state index is 4.59. The van der Waals surface area contributed by atoms with E-state index < -0.39 is 0 Å². The first kappa shape index (κ1) is 14.8. The van der Waals surface area contributed by atoms with E-state index in [2.05, 4.69) is 36.6 Å². The van der Waals surface area contributed by atoms with Crippen LogP contribution < -0.4 is 0 Å². The van der Waals surface area contributed by atoms with E-state index in [1.807, 2.05) is 71.5 Å². The average Bonchev–Trinajstić information content (AvgIpc) is 3.27. The number of para-hydroxylation sites is 1. The first-order chi connectivity index (χ1) is 11.8. The quantitative estimate of drug-likeness (QED) is 0.544. The maximum atomic E-state index is 4.59. The summed E-state index contributed by atoms with van der Waals surface area (Å²) < 4.78 is 4.61. The molecule has 2 aromatic heterocycles. The molecule has 0 amide bonds. The van der Waals surface area contributed by atoms with Gasteiger partial charge in [-0.2, -0.15) is 5.10 Å². The molecule has 4 rings (SSSR count). The van der Waals surface area contributed by atoms with Gasteiger partial charge in [-0.1, -0.05) is 46.3 Å². The number of benzene rings is 2. The van der Waals surface area contributed by atoms with Crippen molar-refractivity contribution in [2.45, 2.75) is 6.54 Å². The summed E-state index contributed by atoms with van der Waals surface area (Å²) in [5.74, 6) is 0.646. The van der Waals surface area contributed by atoms with Gasteiger partial charge in [-0.05, 0) is 46.3 Å². The van der Waals surface area contributed by atoms with Crippen molar-refractivity contribution >= 4 is 15.9 Å². The van der Waals surface area contributed by atoms with Crippen LogP contribution in [0.4, 0.5) is 0 Å². The Balaban J connectivity index is 1.63. The second kappa shape index (κ2) is 6.37. The van der Waals surface area contributed by atoms with Gasteiger partial charge in [-0.15, -0.1) is 5.10 Å². The number of halogens is 1. The zero-order valence-electron chi connectivity index (χ0n) is 12.6. The Labute approximate surface area is 146 Å². The van der Waals surface area contributed by atoms with Crippen molar-refractivity contribution < 1.29 is 0 Å². The standard InChI is InChI=1S/C17H13BrN6/c18-14-8-6-13(7-9-14)12-24-17(19-21-22-24)16-10-11-23(20-16)15-4-2-1-3-5-15/h1-11H,12H2. The fraction of sp³-hybridized carbons (Fsp3) is 0.0588. The van der Waals surface area contributed by atoms with E-state index in [1.165, 1.54) is 0 Å². The minimum Gasteiger partial charge on any atom is -0.240 e. The molecule has 118 valence electrons. The van der Waals surface area contributed by atoms with Crippen molar-refractivity contribution in [2.75, 3.05) is 0 Å². The van der Waals surface area contributed by atoms with Crippen LogP contribution in [-0.2, 0) is 6.54 Å². The second-order valence-corrected chi connectivity index (χ2v) is 6.18. The van der Waals surface area contributed by atoms with Gasteiger partial charge in [0.05, 0.1) is 12.2 Å². The predicted molar refractivity (Wildman–Crippen MR) is 93.6 cm³/mol. The van der Waals surface area contributed by atoms with Gasteiger partial charge < -0.3 is 0 Å². The van der Waals surface area contributed by atoms with Crippen molar-refractivity contribution in [3.63, 3.8) is 0 Å². The highest BCUT2D eigenvalue weighted by molar-refractivity contribution is 9.10. The monoisotopic (exact) mass is 380 g/mol. The minimum atomic E-state index is 0.591. The summed E-state index contributed by atoms with van der Waals surface area (Å²) in [6, 6.07) is 19.9. The molecule has 0 radical (unpaired) electrons. The van der Waals surface area contributed by atoms with Gasteiger partial charge in [0.2, 0.25) is 5.82 Å². The predicted octanol–water partition coefficient (Wildman–Crippen LogP) is 3.34. The van der Waals surface area contributed by atoms with Crippen LogP contribution in [-0.4, -0.2) is 30.0 Å². The van der Waals surface area contributed by atoms with Gasteiger partial charge in [0.15, 0.2) is 0 Å². The van der Waals surface area contributed by atoms with Gasteiger partial charge in [0.1, 0.15) is 5.69 Å². The van der Waals surface area contributed by atoms with E-state index in [-0.39, 0.29) is 0 Å². The number of hydrogen-bond acceptors (Lipinski definition) is 4. The lowest BCUT2D eigenvalue weighted by molar-refractivity contribution is 0.651. The molecule has 0 atom stereocenters. The Kier molecular flexibility index (Phi) is 3.92. The number of hydrogen-bond donors (Lipinski definition) is 0. The zero-order valence-corrected chi connectivity index (χ0v) is 14.2. The summed E-state index contributed by atoms with van der Waals surface area (Å²) in [5, 5.41) is 16.6. The Bertz CT molecular complexity index is 943. The molecule has 4 aromatic rings. The molecule has 0 N–H and O–H groups in total. The molecule has 0 saturated carbocycles. The van der Waals surface area contributed by atoms with Crippen molar-refractivity contribution in [1.82, 2.24) is 30.0 Å². The average molecular weight is 381 g/mol. The van der Waals surface area contributed by atoms with Gasteiger partial charge in [-0.3, -0.25) is 0 Å². The molecule has 0 aliphatic rings. The molecule has 7 heteroatoms. The highest BCUT2D eigenvalue weighted by Crippen LogP contribution is 2.17. The van der Waals surface area contributed by atoms with Crippen LogP contribution in [0.2, 0.25) is 0 Å². The summed E-state index contributed by atoms with van der Waals surface area (Å²) in [7, 11) is 0. The van der Waals surface area contributed by atoms with Crippen LogP contribution >= 0.6 is 15.9 Å². The van der Waals surface area contributed by atoms with Gasteiger partial charge in [0.25, 0.3) is 0 Å². The lowest BCUT2D eigenvalue weighted by Crippen LogP contribution is -2.05. The normalized spacial score (nSPS) is 10.9. The maximum Gasteiger partial charge on any atom is 0.202 e. The van der Waals surface area contributed by atoms with Crippen LogP contribution in [0, 0.1) is 0 Å². The van der Waals surface area contributed by atoms with E-state index in [0.29, 0.717) is 12.4 Å². The molecule has 0 aliphatic carbocycles. The van der Waals surface area contributed by atoms with Crippen LogP contribution in [0.1, 0.15) is 5.56 Å². The molecule has 2 heterocycles. The van der Waals surface area contributed by atoms with Crippen molar-refractivity contribution in [3.05, 3.63) is 76.9 Å². The first-order valence-electron chi connectivity index (χ1n) is 7.42. The number of rotatable bonds is 4. The van der Waals surface area contributed by atoms with Crippen molar-refractivity contribution in [2.24, 2.45) is 0 Å². The first-order valence-corrected chi connectivity index (χ1v) is 8.21. The van der Waals surface area contributed by atoms with E-state index in [1.54, 1.807) is 4.68 Å². The molecule has 0 fully saturated rings. The molecule has 0 saturated heterocycles. The summed E-state index contributed by atoms with van der Waals surface area (Å²) in [5.41, 5.74) is 2.85. The molecular formula is C17H13BrN6. The second-order valence-electron chi connectivity index (χ2n) is 5.27. The molecule has 0 unspecified atom stereocenters. The summed E-state index contributed by atoms with van der Waals surface area (Å²) in [4.78, 5) is 0. The highest BCUT2D eigenvalue weighted by Gasteiger charge is 2.13. The molecule has 0 aliphatic heterocycles. The zero-order chi connectivity index (χ0) is 16.4. The Morgan fingerprint density at radius 3 is 2.50 bits per heavy atom. The fourth-order valence-electron chi connectivity index (χ4n) is 2.43. The molecule has 2 aromatic carbocycles. The van der Waals surface area contributed by atoms with Crippen LogP contribution in [0.15, 0.2) is 71.3 Å². The topological polar surface area (TPSA) is 61.4 Å². The number of aromatic nitrogens is 6. The van der Waals surface area contributed by atoms with Gasteiger partial charge >= 0.3 is 0 Å². The van der Waals surface area contributed by atoms with E-state index in [0.717, 1.165) is 21.4 Å². The third kappa shape index (κ3) is 2.98. The summed E-state index contributed by atoms with van der Waals surface area (Å²) in [6.45, 7) is 0.591. The Morgan fingerprint density at radius 2 is 1.71 bits per heavy atom. The minimum absolute atomic E-state index is 0.591. The van der Waals surface area contributed by atoms with Crippen LogP contribution in [0.5, 0.6) is 0 Å². The van der Waals surface area contributed by atoms with Crippen LogP contribution in [0.25, 0.3) is 17.2 Å². The van der Waals surface area contributed by atoms with Crippen molar-refractivity contribution in [1.29, 1.82) is 0 Å². The lowest BCUT2D eigenvalue weighted by atomic mass is 10.2. The van der Waals surface area contributed by atoms with E-state index in [9.17, 15) is 0 Å². The smallest absolute Gasteiger partial charge is 0.202 e. The third-order valence-corrected chi connectivity index (χ3v) is 4.15. The Morgan fingerprint density at radius 1 is 0.917 bits per heavy atom. The largest absolute Gasteiger partial charge is 0.240 e. The lowest BCUT2D eigenvalue weighted by Gasteiger charge is -2.04. The molecule has 6 nitrogen and oxygen atoms in total. The highest BCUT2D eigenvalue weighted by atomic mass is 79.9. The molecule has 24 heavy (non-hydrogen) atoms. The third-order valence-electron chi connectivity index (χ3n) is 3.62. The van der Waals surface area contributed by atoms with Gasteiger partial charge in [0, 0.05) is 10.7 Å². The SMILES string of the molecule is Brc1ccc(Cn2nnnc2-c2ccn(-c3ccccc3)n2)cc1. The van der Waals surface area contributed by atoms with E-state index >= 15 is 0 Å². The van der Waals surface area contributed by atoms with E-state index in [4.69, 9.17) is 0 Å². The number of nitrogens with zero attached hydrogens (tertiary/aromatic N) is 6. The summed E-state index contributed by atoms with van der Waals surface area (Å²) >= 11 is 3.44. The Hall–Kier alpha value is -2.80. The summed E-state index contributed by atoms with van der Waals surface area (Å²) in [6.07, 6.45) is 1.91. The molecule has 0 bridgehead atoms. The van der Waals surface area contributed by atoms with Crippen LogP contribution in [0.3, 0.4) is 0 Å². The van der Waals surface area contributed by atoms with Crippen molar-refractivity contribution in [3.8, 4) is 17.2 Å². The van der Waals surface area contributed by atoms with Gasteiger partial charge in [-0.25, -0.2) is 9.36 Å². The number of tetrazole rings is 1. The molecule has 0 spiro atoms. The molecular weight excluding hydrogens is 368 g/mol. The fourth-order valence-corrected chi connectivity index (χ4v) is 2.69.